The highest BCUT2D eigenvalue weighted by Crippen LogP contribution is 2.28. The predicted molar refractivity (Wildman–Crippen MR) is 107 cm³/mol. The van der Waals surface area contributed by atoms with Gasteiger partial charge in [0.25, 0.3) is 0 Å². The standard InChI is InChI=1S/C23H22N4/c24-13-19-9-10-23-21(12-19)8-4-7-20(11-18-5-2-1-3-6-18)15-27(23)16-22-14-25-17-26-22/h1-7,9-10,12,14,17,20H,8,11,15-16H2,(H,25,26)/b7-4-/t20-/m1/s1. The number of fused-ring (bicyclic) bond motifs is 1. The van der Waals surface area contributed by atoms with Crippen molar-refractivity contribution in [3.8, 4) is 6.07 Å². The highest BCUT2D eigenvalue weighted by Gasteiger charge is 2.19. The molecule has 27 heavy (non-hydrogen) atoms. The van der Waals surface area contributed by atoms with Gasteiger partial charge in [-0.05, 0) is 48.1 Å². The predicted octanol–water partition coefficient (Wildman–Crippen LogP) is 4.26. The van der Waals surface area contributed by atoms with Gasteiger partial charge in [-0.25, -0.2) is 4.98 Å². The quantitative estimate of drug-likeness (QED) is 0.712. The summed E-state index contributed by atoms with van der Waals surface area (Å²) in [7, 11) is 0. The monoisotopic (exact) mass is 354 g/mol. The van der Waals surface area contributed by atoms with Gasteiger partial charge in [-0.2, -0.15) is 5.26 Å². The van der Waals surface area contributed by atoms with Crippen LogP contribution in [-0.2, 0) is 19.4 Å². The highest BCUT2D eigenvalue weighted by atomic mass is 15.1. The molecule has 0 unspecified atom stereocenters. The molecule has 4 nitrogen and oxygen atoms in total. The number of nitriles is 1. The Morgan fingerprint density at radius 2 is 2.07 bits per heavy atom. The summed E-state index contributed by atoms with van der Waals surface area (Å²) in [5.41, 5.74) is 5.56. The van der Waals surface area contributed by atoms with E-state index in [0.29, 0.717) is 11.5 Å². The Bertz CT molecular complexity index is 952. The molecule has 1 aromatic heterocycles. The minimum atomic E-state index is 0.430. The minimum Gasteiger partial charge on any atom is -0.365 e. The van der Waals surface area contributed by atoms with Crippen LogP contribution in [0, 0.1) is 17.2 Å². The zero-order valence-electron chi connectivity index (χ0n) is 15.2. The first-order chi connectivity index (χ1) is 13.3. The van der Waals surface area contributed by atoms with Crippen LogP contribution in [-0.4, -0.2) is 16.5 Å². The van der Waals surface area contributed by atoms with E-state index in [-0.39, 0.29) is 0 Å². The fourth-order valence-corrected chi connectivity index (χ4v) is 3.73. The van der Waals surface area contributed by atoms with E-state index in [1.54, 1.807) is 6.33 Å². The molecular weight excluding hydrogens is 332 g/mol. The average Bonchev–Trinajstić information content (AvgIpc) is 3.20. The zero-order chi connectivity index (χ0) is 18.5. The summed E-state index contributed by atoms with van der Waals surface area (Å²) < 4.78 is 0. The van der Waals surface area contributed by atoms with Gasteiger partial charge in [0.2, 0.25) is 0 Å². The molecule has 0 radical (unpaired) electrons. The lowest BCUT2D eigenvalue weighted by atomic mass is 9.94. The molecule has 1 aliphatic heterocycles. The van der Waals surface area contributed by atoms with Gasteiger partial charge < -0.3 is 9.88 Å². The van der Waals surface area contributed by atoms with Crippen molar-refractivity contribution in [1.82, 2.24) is 9.97 Å². The van der Waals surface area contributed by atoms with Crippen LogP contribution < -0.4 is 4.90 Å². The highest BCUT2D eigenvalue weighted by molar-refractivity contribution is 5.58. The maximum atomic E-state index is 9.25. The van der Waals surface area contributed by atoms with E-state index in [9.17, 15) is 5.26 Å². The van der Waals surface area contributed by atoms with Crippen LogP contribution in [0.1, 0.15) is 22.4 Å². The maximum Gasteiger partial charge on any atom is 0.0991 e. The van der Waals surface area contributed by atoms with Crippen LogP contribution >= 0.6 is 0 Å². The molecule has 4 heteroatoms. The van der Waals surface area contributed by atoms with Crippen molar-refractivity contribution in [2.24, 2.45) is 5.92 Å². The van der Waals surface area contributed by atoms with Crippen LogP contribution in [0.3, 0.4) is 0 Å². The summed E-state index contributed by atoms with van der Waals surface area (Å²) in [6.45, 7) is 1.70. The largest absolute Gasteiger partial charge is 0.365 e. The Morgan fingerprint density at radius 3 is 2.85 bits per heavy atom. The van der Waals surface area contributed by atoms with Crippen molar-refractivity contribution in [1.29, 1.82) is 5.26 Å². The summed E-state index contributed by atoms with van der Waals surface area (Å²) in [6.07, 6.45) is 10.0. The number of benzene rings is 2. The molecule has 0 fully saturated rings. The zero-order valence-corrected chi connectivity index (χ0v) is 15.2. The van der Waals surface area contributed by atoms with Gasteiger partial charge in [0.1, 0.15) is 0 Å². The molecule has 0 bridgehead atoms. The Labute approximate surface area is 159 Å². The van der Waals surface area contributed by atoms with Gasteiger partial charge in [-0.3, -0.25) is 0 Å². The molecule has 3 aromatic rings. The molecule has 1 atom stereocenters. The number of aromatic amines is 1. The number of nitrogens with one attached hydrogen (secondary N) is 1. The Morgan fingerprint density at radius 1 is 1.19 bits per heavy atom. The third kappa shape index (κ3) is 4.09. The smallest absolute Gasteiger partial charge is 0.0991 e. The van der Waals surface area contributed by atoms with Crippen LogP contribution in [0.4, 0.5) is 5.69 Å². The molecule has 2 aromatic carbocycles. The number of nitrogens with zero attached hydrogens (tertiary/aromatic N) is 3. The van der Waals surface area contributed by atoms with Crippen LogP contribution in [0.2, 0.25) is 0 Å². The maximum absolute atomic E-state index is 9.25. The van der Waals surface area contributed by atoms with Crippen molar-refractivity contribution in [3.05, 3.63) is 95.6 Å². The summed E-state index contributed by atoms with van der Waals surface area (Å²) in [5.74, 6) is 0.430. The summed E-state index contributed by atoms with van der Waals surface area (Å²) in [5, 5.41) is 9.25. The number of anilines is 1. The molecular formula is C23H22N4. The number of rotatable bonds is 4. The first kappa shape index (κ1) is 17.1. The van der Waals surface area contributed by atoms with Crippen LogP contribution in [0.25, 0.3) is 0 Å². The van der Waals surface area contributed by atoms with E-state index in [2.05, 4.69) is 69.5 Å². The number of hydrogen-bond donors (Lipinski definition) is 1. The van der Waals surface area contributed by atoms with Crippen LogP contribution in [0.15, 0.2) is 73.2 Å². The third-order valence-corrected chi connectivity index (χ3v) is 5.01. The molecule has 1 aliphatic rings. The van der Waals surface area contributed by atoms with Crippen molar-refractivity contribution < 1.29 is 0 Å². The topological polar surface area (TPSA) is 55.7 Å². The number of allylic oxidation sites excluding steroid dienone is 1. The normalized spacial score (nSPS) is 17.4. The molecule has 0 spiro atoms. The second kappa shape index (κ2) is 7.92. The molecule has 1 N–H and O–H groups in total. The first-order valence-corrected chi connectivity index (χ1v) is 9.27. The number of hydrogen-bond acceptors (Lipinski definition) is 3. The molecule has 2 heterocycles. The minimum absolute atomic E-state index is 0.430. The second-order valence-electron chi connectivity index (χ2n) is 6.99. The second-order valence-corrected chi connectivity index (χ2v) is 6.99. The van der Waals surface area contributed by atoms with Gasteiger partial charge in [0.15, 0.2) is 0 Å². The molecule has 0 aliphatic carbocycles. The van der Waals surface area contributed by atoms with Gasteiger partial charge in [0, 0.05) is 18.4 Å². The van der Waals surface area contributed by atoms with Crippen molar-refractivity contribution in [3.63, 3.8) is 0 Å². The van der Waals surface area contributed by atoms with Crippen molar-refractivity contribution in [2.45, 2.75) is 19.4 Å². The molecule has 0 saturated heterocycles. The van der Waals surface area contributed by atoms with E-state index in [1.165, 1.54) is 16.8 Å². The molecule has 134 valence electrons. The molecule has 0 saturated carbocycles. The van der Waals surface area contributed by atoms with Gasteiger partial charge in [-0.1, -0.05) is 42.5 Å². The fraction of sp³-hybridized carbons (Fsp3) is 0.217. The number of imidazole rings is 1. The van der Waals surface area contributed by atoms with E-state index < -0.39 is 0 Å². The first-order valence-electron chi connectivity index (χ1n) is 9.27. The van der Waals surface area contributed by atoms with Crippen LogP contribution in [0.5, 0.6) is 0 Å². The lowest BCUT2D eigenvalue weighted by Gasteiger charge is -2.31. The Balaban J connectivity index is 1.65. The summed E-state index contributed by atoms with van der Waals surface area (Å²) in [6, 6.07) is 18.9. The SMILES string of the molecule is N#Cc1ccc2c(c1)C/C=C\[C@H](Cc1ccccc1)CN2Cc1cnc[nH]1. The van der Waals surface area contributed by atoms with Crippen molar-refractivity contribution >= 4 is 5.69 Å². The average molecular weight is 354 g/mol. The molecule has 0 amide bonds. The number of aromatic nitrogens is 2. The van der Waals surface area contributed by atoms with Gasteiger partial charge >= 0.3 is 0 Å². The fourth-order valence-electron chi connectivity index (χ4n) is 3.73. The Hall–Kier alpha value is -3.32. The van der Waals surface area contributed by atoms with E-state index >= 15 is 0 Å². The Kier molecular flexibility index (Phi) is 5.02. The van der Waals surface area contributed by atoms with Crippen molar-refractivity contribution in [2.75, 3.05) is 11.4 Å². The summed E-state index contributed by atoms with van der Waals surface area (Å²) >= 11 is 0. The van der Waals surface area contributed by atoms with E-state index in [4.69, 9.17) is 0 Å². The van der Waals surface area contributed by atoms with Gasteiger partial charge in [0.05, 0.1) is 30.2 Å². The third-order valence-electron chi connectivity index (χ3n) is 5.01. The lowest BCUT2D eigenvalue weighted by molar-refractivity contribution is 0.600. The molecule has 4 rings (SSSR count). The van der Waals surface area contributed by atoms with E-state index in [0.717, 1.165) is 31.6 Å². The van der Waals surface area contributed by atoms with Gasteiger partial charge in [-0.15, -0.1) is 0 Å². The number of H-pyrrole nitrogens is 1. The summed E-state index contributed by atoms with van der Waals surface area (Å²) in [4.78, 5) is 9.78. The lowest BCUT2D eigenvalue weighted by Crippen LogP contribution is -2.31. The van der Waals surface area contributed by atoms with E-state index in [1.807, 2.05) is 18.3 Å².